The Hall–Kier alpha value is -4.66. The predicted molar refractivity (Wildman–Crippen MR) is 191 cm³/mol. The van der Waals surface area contributed by atoms with Crippen molar-refractivity contribution in [2.24, 2.45) is 11.8 Å². The van der Waals surface area contributed by atoms with E-state index in [1.165, 1.54) is 85.2 Å². The molecule has 0 radical (unpaired) electrons. The molecule has 0 saturated heterocycles. The summed E-state index contributed by atoms with van der Waals surface area (Å²) in [4.78, 5) is 2.54. The first-order valence-electron chi connectivity index (χ1n) is 16.4. The van der Waals surface area contributed by atoms with Gasteiger partial charge in [-0.3, -0.25) is 0 Å². The Kier molecular flexibility index (Phi) is 5.51. The van der Waals surface area contributed by atoms with Crippen molar-refractivity contribution in [1.82, 2.24) is 0 Å². The maximum absolute atomic E-state index is 2.58. The Morgan fingerprint density at radius 1 is 0.578 bits per heavy atom. The fraction of sp³-hybridized carbons (Fsp3) is 0.163. The van der Waals surface area contributed by atoms with Crippen LogP contribution in [0.3, 0.4) is 0 Å². The van der Waals surface area contributed by atoms with Crippen LogP contribution >= 0.6 is 11.3 Å². The zero-order valence-corrected chi connectivity index (χ0v) is 25.9. The standard InChI is InChI=1S/C43H33NS/c1-2-10-29(11-3-1)30-12-8-13-32(25-30)44(40-18-9-16-37-36-15-5-7-19-41(36)45-42(37)40)33-22-23-35-34-14-4-6-17-38(34)43(39(35)26-33)27-28-20-21-31(43)24-28/h1-19,22-23,25-26,28,31H,20-21,24,27H2. The number of rotatable bonds is 4. The predicted octanol–water partition coefficient (Wildman–Crippen LogP) is 12.3. The van der Waals surface area contributed by atoms with E-state index < -0.39 is 0 Å². The molecule has 2 heteroatoms. The third kappa shape index (κ3) is 3.66. The Morgan fingerprint density at radius 2 is 1.33 bits per heavy atom. The molecule has 3 aliphatic carbocycles. The highest BCUT2D eigenvalue weighted by atomic mass is 32.1. The van der Waals surface area contributed by atoms with Gasteiger partial charge in [-0.15, -0.1) is 11.3 Å². The van der Waals surface area contributed by atoms with Crippen molar-refractivity contribution in [3.05, 3.63) is 151 Å². The van der Waals surface area contributed by atoms with Crippen LogP contribution in [0.25, 0.3) is 42.4 Å². The lowest BCUT2D eigenvalue weighted by atomic mass is 9.67. The van der Waals surface area contributed by atoms with Gasteiger partial charge in [0.25, 0.3) is 0 Å². The molecule has 0 amide bonds. The van der Waals surface area contributed by atoms with Gasteiger partial charge in [0.2, 0.25) is 0 Å². The van der Waals surface area contributed by atoms with Crippen molar-refractivity contribution < 1.29 is 0 Å². The smallest absolute Gasteiger partial charge is 0.0640 e. The summed E-state index contributed by atoms with van der Waals surface area (Å²) >= 11 is 1.91. The fourth-order valence-electron chi connectivity index (χ4n) is 9.31. The molecule has 3 unspecified atom stereocenters. The van der Waals surface area contributed by atoms with Gasteiger partial charge < -0.3 is 4.90 Å². The molecule has 216 valence electrons. The Bertz CT molecular complexity index is 2260. The van der Waals surface area contributed by atoms with Gasteiger partial charge in [0.1, 0.15) is 0 Å². The van der Waals surface area contributed by atoms with E-state index in [0.717, 1.165) is 11.8 Å². The number of anilines is 3. The van der Waals surface area contributed by atoms with Crippen molar-refractivity contribution in [2.45, 2.75) is 31.1 Å². The van der Waals surface area contributed by atoms with E-state index in [1.807, 2.05) is 11.3 Å². The summed E-state index contributed by atoms with van der Waals surface area (Å²) < 4.78 is 2.67. The summed E-state index contributed by atoms with van der Waals surface area (Å²) in [5, 5.41) is 2.66. The first kappa shape index (κ1) is 25.6. The Morgan fingerprint density at radius 3 is 2.22 bits per heavy atom. The minimum atomic E-state index is 0.145. The van der Waals surface area contributed by atoms with Crippen molar-refractivity contribution in [2.75, 3.05) is 4.90 Å². The molecule has 0 N–H and O–H groups in total. The lowest BCUT2D eigenvalue weighted by Crippen LogP contribution is -2.32. The van der Waals surface area contributed by atoms with Crippen LogP contribution in [0.2, 0.25) is 0 Å². The highest BCUT2D eigenvalue weighted by Crippen LogP contribution is 2.66. The molecule has 2 bridgehead atoms. The molecule has 2 fully saturated rings. The van der Waals surface area contributed by atoms with Gasteiger partial charge in [-0.2, -0.15) is 0 Å². The molecule has 1 spiro atoms. The van der Waals surface area contributed by atoms with E-state index >= 15 is 0 Å². The van der Waals surface area contributed by atoms with Crippen LogP contribution in [0.1, 0.15) is 36.8 Å². The summed E-state index contributed by atoms with van der Waals surface area (Å²) in [6.07, 6.45) is 5.42. The van der Waals surface area contributed by atoms with E-state index in [4.69, 9.17) is 0 Å². The summed E-state index contributed by atoms with van der Waals surface area (Å²) in [6, 6.07) is 52.3. The van der Waals surface area contributed by atoms with Crippen molar-refractivity contribution in [1.29, 1.82) is 0 Å². The summed E-state index contributed by atoms with van der Waals surface area (Å²) in [5.74, 6) is 1.59. The third-order valence-corrected chi connectivity index (χ3v) is 12.3. The van der Waals surface area contributed by atoms with Crippen LogP contribution in [-0.2, 0) is 5.41 Å². The molecule has 1 heterocycles. The molecule has 1 aromatic heterocycles. The van der Waals surface area contributed by atoms with Crippen molar-refractivity contribution in [3.63, 3.8) is 0 Å². The van der Waals surface area contributed by atoms with Gasteiger partial charge in [0.05, 0.1) is 10.4 Å². The lowest BCUT2D eigenvalue weighted by molar-refractivity contribution is 0.327. The number of nitrogens with zero attached hydrogens (tertiary/aromatic N) is 1. The van der Waals surface area contributed by atoms with Gasteiger partial charge in [-0.05, 0) is 101 Å². The molecule has 3 aliphatic rings. The molecular formula is C43H33NS. The number of thiophene rings is 1. The molecule has 45 heavy (non-hydrogen) atoms. The fourth-order valence-corrected chi connectivity index (χ4v) is 10.5. The third-order valence-electron chi connectivity index (χ3n) is 11.1. The molecule has 0 aliphatic heterocycles. The summed E-state index contributed by atoms with van der Waals surface area (Å²) in [5.41, 5.74) is 12.3. The zero-order chi connectivity index (χ0) is 29.5. The van der Waals surface area contributed by atoms with Gasteiger partial charge in [0.15, 0.2) is 0 Å². The van der Waals surface area contributed by atoms with Crippen LogP contribution in [0.5, 0.6) is 0 Å². The monoisotopic (exact) mass is 595 g/mol. The number of benzene rings is 6. The normalized spacial score (nSPS) is 21.1. The average Bonchev–Trinajstić information content (AvgIpc) is 3.88. The van der Waals surface area contributed by atoms with Gasteiger partial charge in [-0.1, -0.05) is 110 Å². The maximum Gasteiger partial charge on any atom is 0.0640 e. The second kappa shape index (κ2) is 9.67. The summed E-state index contributed by atoms with van der Waals surface area (Å²) in [7, 11) is 0. The Labute approximate surface area is 268 Å². The van der Waals surface area contributed by atoms with E-state index in [1.54, 1.807) is 11.1 Å². The van der Waals surface area contributed by atoms with E-state index in [-0.39, 0.29) is 5.41 Å². The van der Waals surface area contributed by atoms with Crippen molar-refractivity contribution >= 4 is 48.6 Å². The van der Waals surface area contributed by atoms with Crippen LogP contribution in [0.15, 0.2) is 140 Å². The largest absolute Gasteiger partial charge is 0.309 e. The van der Waals surface area contributed by atoms with Gasteiger partial charge >= 0.3 is 0 Å². The van der Waals surface area contributed by atoms with Crippen LogP contribution in [-0.4, -0.2) is 0 Å². The zero-order valence-electron chi connectivity index (χ0n) is 25.1. The maximum atomic E-state index is 2.58. The SMILES string of the molecule is c1ccc(-c2cccc(N(c3ccc4c(c3)C3(CC5CCC3C5)c3ccccc3-4)c3cccc4c3sc3ccccc34)c2)cc1. The minimum absolute atomic E-state index is 0.145. The highest BCUT2D eigenvalue weighted by molar-refractivity contribution is 7.26. The van der Waals surface area contributed by atoms with Crippen LogP contribution < -0.4 is 4.90 Å². The second-order valence-corrected chi connectivity index (χ2v) is 14.4. The lowest BCUT2D eigenvalue weighted by Gasteiger charge is -2.37. The average molecular weight is 596 g/mol. The molecule has 6 aromatic carbocycles. The quantitative estimate of drug-likeness (QED) is 0.196. The molecule has 10 rings (SSSR count). The number of fused-ring (bicyclic) bond motifs is 11. The summed E-state index contributed by atoms with van der Waals surface area (Å²) in [6.45, 7) is 0. The molecule has 2 saturated carbocycles. The molecule has 1 nitrogen and oxygen atoms in total. The first-order valence-corrected chi connectivity index (χ1v) is 17.2. The van der Waals surface area contributed by atoms with Gasteiger partial charge in [0, 0.05) is 32.3 Å². The first-order chi connectivity index (χ1) is 22.3. The number of hydrogen-bond donors (Lipinski definition) is 0. The number of hydrogen-bond acceptors (Lipinski definition) is 2. The minimum Gasteiger partial charge on any atom is -0.309 e. The molecular weight excluding hydrogens is 563 g/mol. The highest BCUT2D eigenvalue weighted by Gasteiger charge is 2.56. The Balaban J connectivity index is 1.22. The van der Waals surface area contributed by atoms with E-state index in [2.05, 4.69) is 144 Å². The van der Waals surface area contributed by atoms with E-state index in [9.17, 15) is 0 Å². The van der Waals surface area contributed by atoms with Crippen molar-refractivity contribution in [3.8, 4) is 22.3 Å². The molecule has 3 atom stereocenters. The topological polar surface area (TPSA) is 3.24 Å². The molecule has 7 aromatic rings. The van der Waals surface area contributed by atoms with Crippen LogP contribution in [0.4, 0.5) is 17.1 Å². The van der Waals surface area contributed by atoms with E-state index in [0.29, 0.717) is 0 Å². The second-order valence-electron chi connectivity index (χ2n) is 13.3. The van der Waals surface area contributed by atoms with Gasteiger partial charge in [-0.25, -0.2) is 0 Å². The van der Waals surface area contributed by atoms with Crippen LogP contribution in [0, 0.1) is 11.8 Å².